The van der Waals surface area contributed by atoms with Gasteiger partial charge in [-0.3, -0.25) is 4.79 Å². The molecule has 5 heteroatoms. The van der Waals surface area contributed by atoms with Gasteiger partial charge >= 0.3 is 0 Å². The summed E-state index contributed by atoms with van der Waals surface area (Å²) in [5.74, 6) is 2.43. The summed E-state index contributed by atoms with van der Waals surface area (Å²) >= 11 is 0. The molecule has 1 aromatic heterocycles. The first kappa shape index (κ1) is 17.5. The number of hydrogen-bond donors (Lipinski definition) is 0. The van der Waals surface area contributed by atoms with Crippen LogP contribution in [0.3, 0.4) is 0 Å². The maximum Gasteiger partial charge on any atom is 0.225 e. The largest absolute Gasteiger partial charge is 0.342 e. The first-order chi connectivity index (χ1) is 11.6. The van der Waals surface area contributed by atoms with Crippen molar-refractivity contribution in [1.29, 1.82) is 0 Å². The normalized spacial score (nSPS) is 20.7. The van der Waals surface area contributed by atoms with Gasteiger partial charge in [-0.25, -0.2) is 4.98 Å². The van der Waals surface area contributed by atoms with E-state index < -0.39 is 0 Å². The molecule has 2 aliphatic rings. The fourth-order valence-corrected chi connectivity index (χ4v) is 4.14. The average molecular weight is 332 g/mol. The second kappa shape index (κ2) is 8.15. The number of amides is 1. The minimum atomic E-state index is 0.303. The first-order valence-electron chi connectivity index (χ1n) is 9.59. The molecule has 0 aromatic carbocycles. The number of rotatable bonds is 5. The third kappa shape index (κ3) is 4.18. The van der Waals surface area contributed by atoms with Crippen molar-refractivity contribution in [3.05, 3.63) is 18.2 Å². The number of likely N-dealkylation sites (tertiary alicyclic amines) is 1. The van der Waals surface area contributed by atoms with Crippen LogP contribution in [0.2, 0.25) is 0 Å². The number of hydrogen-bond acceptors (Lipinski definition) is 3. The number of likely N-dealkylation sites (N-methyl/N-ethyl adjacent to an activating group) is 1. The molecule has 3 rings (SSSR count). The van der Waals surface area contributed by atoms with Crippen LogP contribution in [0.15, 0.2) is 12.4 Å². The molecule has 0 radical (unpaired) electrons. The molecule has 1 amide bonds. The van der Waals surface area contributed by atoms with Crippen LogP contribution in [0.1, 0.15) is 56.7 Å². The van der Waals surface area contributed by atoms with Crippen LogP contribution in [0.5, 0.6) is 0 Å². The minimum Gasteiger partial charge on any atom is -0.342 e. The van der Waals surface area contributed by atoms with Crippen LogP contribution < -0.4 is 0 Å². The highest BCUT2D eigenvalue weighted by molar-refractivity contribution is 5.79. The zero-order valence-electron chi connectivity index (χ0n) is 15.3. The van der Waals surface area contributed by atoms with Gasteiger partial charge < -0.3 is 14.4 Å². The van der Waals surface area contributed by atoms with E-state index in [-0.39, 0.29) is 0 Å². The molecule has 2 heterocycles. The number of imidazole rings is 1. The lowest BCUT2D eigenvalue weighted by Gasteiger charge is -2.35. The molecule has 0 unspecified atom stereocenters. The highest BCUT2D eigenvalue weighted by Crippen LogP contribution is 2.30. The quantitative estimate of drug-likeness (QED) is 0.832. The lowest BCUT2D eigenvalue weighted by molar-refractivity contribution is -0.137. The Balaban J connectivity index is 1.53. The molecular formula is C19H32N4O. The van der Waals surface area contributed by atoms with Crippen LogP contribution in [-0.2, 0) is 11.3 Å². The molecule has 5 nitrogen and oxygen atoms in total. The molecule has 24 heavy (non-hydrogen) atoms. The Labute approximate surface area is 146 Å². The molecule has 0 spiro atoms. The summed E-state index contributed by atoms with van der Waals surface area (Å²) in [6.07, 6.45) is 12.1. The fraction of sp³-hybridized carbons (Fsp3) is 0.789. The van der Waals surface area contributed by atoms with Crippen molar-refractivity contribution in [2.45, 2.75) is 57.4 Å². The lowest BCUT2D eigenvalue weighted by Crippen LogP contribution is -2.42. The number of carbonyl (C=O) groups is 1. The molecule has 1 saturated heterocycles. The van der Waals surface area contributed by atoms with Crippen LogP contribution in [-0.4, -0.2) is 59.0 Å². The van der Waals surface area contributed by atoms with Gasteiger partial charge in [-0.05, 0) is 39.8 Å². The van der Waals surface area contributed by atoms with Gasteiger partial charge in [-0.2, -0.15) is 0 Å². The summed E-state index contributed by atoms with van der Waals surface area (Å²) in [6.45, 7) is 3.83. The molecule has 0 bridgehead atoms. The first-order valence-corrected chi connectivity index (χ1v) is 9.59. The van der Waals surface area contributed by atoms with Crippen LogP contribution >= 0.6 is 0 Å². The second-order valence-electron chi connectivity index (χ2n) is 7.72. The maximum absolute atomic E-state index is 12.7. The van der Waals surface area contributed by atoms with E-state index in [9.17, 15) is 4.79 Å². The van der Waals surface area contributed by atoms with Gasteiger partial charge in [-0.1, -0.05) is 19.3 Å². The van der Waals surface area contributed by atoms with Gasteiger partial charge in [0.25, 0.3) is 0 Å². The zero-order chi connectivity index (χ0) is 16.9. The van der Waals surface area contributed by atoms with Gasteiger partial charge in [0.1, 0.15) is 5.82 Å². The average Bonchev–Trinajstić information content (AvgIpc) is 3.09. The van der Waals surface area contributed by atoms with Crippen LogP contribution in [0.25, 0.3) is 0 Å². The summed E-state index contributed by atoms with van der Waals surface area (Å²) in [7, 11) is 4.21. The molecule has 2 fully saturated rings. The van der Waals surface area contributed by atoms with Gasteiger partial charge in [0.05, 0.1) is 0 Å². The van der Waals surface area contributed by atoms with Gasteiger partial charge in [-0.15, -0.1) is 0 Å². The van der Waals surface area contributed by atoms with E-state index in [1.165, 1.54) is 25.1 Å². The third-order valence-electron chi connectivity index (χ3n) is 5.66. The van der Waals surface area contributed by atoms with Crippen molar-refractivity contribution in [2.24, 2.45) is 5.92 Å². The Morgan fingerprint density at radius 1 is 1.17 bits per heavy atom. The summed E-state index contributed by atoms with van der Waals surface area (Å²) in [4.78, 5) is 21.6. The van der Waals surface area contributed by atoms with Gasteiger partial charge in [0, 0.05) is 50.4 Å². The van der Waals surface area contributed by atoms with Crippen molar-refractivity contribution in [1.82, 2.24) is 19.4 Å². The van der Waals surface area contributed by atoms with Gasteiger partial charge in [0.2, 0.25) is 5.91 Å². The van der Waals surface area contributed by atoms with Crippen molar-refractivity contribution in [3.8, 4) is 0 Å². The highest BCUT2D eigenvalue weighted by atomic mass is 16.2. The summed E-state index contributed by atoms with van der Waals surface area (Å²) in [6, 6.07) is 0. The fourth-order valence-electron chi connectivity index (χ4n) is 4.14. The molecule has 0 atom stereocenters. The standard InChI is InChI=1S/C19H32N4O/c1-21(2)14-15-22-13-10-20-18(22)16-8-11-23(12-9-16)19(24)17-6-4-3-5-7-17/h10,13,16-17H,3-9,11-12,14-15H2,1-2H3. The Bertz CT molecular complexity index is 525. The molecule has 134 valence electrons. The minimum absolute atomic E-state index is 0.303. The molecule has 0 N–H and O–H groups in total. The van der Waals surface area contributed by atoms with Crippen LogP contribution in [0.4, 0.5) is 0 Å². The van der Waals surface area contributed by atoms with Gasteiger partial charge in [0.15, 0.2) is 0 Å². The van der Waals surface area contributed by atoms with E-state index in [2.05, 4.69) is 39.6 Å². The predicted molar refractivity (Wildman–Crippen MR) is 95.9 cm³/mol. The second-order valence-corrected chi connectivity index (χ2v) is 7.72. The van der Waals surface area contributed by atoms with E-state index in [1.807, 2.05) is 6.20 Å². The third-order valence-corrected chi connectivity index (χ3v) is 5.66. The van der Waals surface area contributed by atoms with Crippen LogP contribution in [0, 0.1) is 5.92 Å². The molecule has 1 aliphatic carbocycles. The van der Waals surface area contributed by atoms with Crippen molar-refractivity contribution >= 4 is 5.91 Å². The van der Waals surface area contributed by atoms with E-state index in [0.717, 1.165) is 51.9 Å². The molecule has 1 saturated carbocycles. The van der Waals surface area contributed by atoms with E-state index >= 15 is 0 Å². The number of carbonyl (C=O) groups excluding carboxylic acids is 1. The van der Waals surface area contributed by atoms with Crippen molar-refractivity contribution in [3.63, 3.8) is 0 Å². The number of aromatic nitrogens is 2. The SMILES string of the molecule is CN(C)CCn1ccnc1C1CCN(C(=O)C2CCCCC2)CC1. The summed E-state index contributed by atoms with van der Waals surface area (Å²) < 4.78 is 2.29. The molecule has 1 aliphatic heterocycles. The molecule has 1 aromatic rings. The van der Waals surface area contributed by atoms with Crippen molar-refractivity contribution in [2.75, 3.05) is 33.7 Å². The Morgan fingerprint density at radius 3 is 2.54 bits per heavy atom. The Hall–Kier alpha value is -1.36. The number of piperidine rings is 1. The maximum atomic E-state index is 12.7. The summed E-state index contributed by atoms with van der Waals surface area (Å²) in [5, 5.41) is 0. The lowest BCUT2D eigenvalue weighted by atomic mass is 9.87. The Morgan fingerprint density at radius 2 is 1.88 bits per heavy atom. The smallest absolute Gasteiger partial charge is 0.225 e. The number of nitrogens with zero attached hydrogens (tertiary/aromatic N) is 4. The van der Waals surface area contributed by atoms with E-state index in [4.69, 9.17) is 0 Å². The molecular weight excluding hydrogens is 300 g/mol. The Kier molecular flexibility index (Phi) is 5.93. The topological polar surface area (TPSA) is 41.4 Å². The highest BCUT2D eigenvalue weighted by Gasteiger charge is 2.30. The zero-order valence-corrected chi connectivity index (χ0v) is 15.3. The van der Waals surface area contributed by atoms with Crippen molar-refractivity contribution < 1.29 is 4.79 Å². The van der Waals surface area contributed by atoms with E-state index in [1.54, 1.807) is 0 Å². The van der Waals surface area contributed by atoms with E-state index in [0.29, 0.717) is 17.7 Å². The monoisotopic (exact) mass is 332 g/mol. The predicted octanol–water partition coefficient (Wildman–Crippen LogP) is 2.73. The summed E-state index contributed by atoms with van der Waals surface area (Å²) in [5.41, 5.74) is 0.